The maximum absolute atomic E-state index is 12.7. The van der Waals surface area contributed by atoms with Crippen molar-refractivity contribution in [3.8, 4) is 23.3 Å². The summed E-state index contributed by atoms with van der Waals surface area (Å²) in [7, 11) is 0. The van der Waals surface area contributed by atoms with Gasteiger partial charge < -0.3 is 14.6 Å². The molecule has 0 amide bonds. The monoisotopic (exact) mass is 420 g/mol. The van der Waals surface area contributed by atoms with Crippen molar-refractivity contribution in [1.82, 2.24) is 0 Å². The van der Waals surface area contributed by atoms with Gasteiger partial charge in [-0.3, -0.25) is 0 Å². The third-order valence-electron chi connectivity index (χ3n) is 4.16. The Labute approximate surface area is 173 Å². The molecule has 2 rings (SSSR count). The zero-order chi connectivity index (χ0) is 22.4. The Hall–Kier alpha value is -3.14. The van der Waals surface area contributed by atoms with E-state index >= 15 is 0 Å². The summed E-state index contributed by atoms with van der Waals surface area (Å²) in [5.74, 6) is 5.59. The zero-order valence-electron chi connectivity index (χ0n) is 17.0. The van der Waals surface area contributed by atoms with E-state index in [2.05, 4.69) is 11.8 Å². The average Bonchev–Trinajstić information content (AvgIpc) is 2.66. The molecule has 0 unspecified atom stereocenters. The Balaban J connectivity index is 1.84. The Morgan fingerprint density at radius 1 is 1.13 bits per heavy atom. The molecule has 30 heavy (non-hydrogen) atoms. The minimum Gasteiger partial charge on any atom is -0.494 e. The van der Waals surface area contributed by atoms with Crippen LogP contribution in [0.4, 0.5) is 13.2 Å². The number of aliphatic carboxylic acids is 1. The van der Waals surface area contributed by atoms with E-state index in [9.17, 15) is 18.0 Å². The first-order chi connectivity index (χ1) is 14.0. The number of benzene rings is 2. The minimum absolute atomic E-state index is 0.321. The smallest absolute Gasteiger partial charge is 0.416 e. The van der Waals surface area contributed by atoms with Crippen LogP contribution >= 0.6 is 0 Å². The van der Waals surface area contributed by atoms with E-state index in [0.29, 0.717) is 36.5 Å². The Morgan fingerprint density at radius 3 is 2.50 bits per heavy atom. The number of ether oxygens (including phenoxy) is 2. The number of carbonyl (C=O) groups is 1. The molecule has 0 aliphatic carbocycles. The van der Waals surface area contributed by atoms with Crippen molar-refractivity contribution in [3.05, 3.63) is 59.2 Å². The summed E-state index contributed by atoms with van der Waals surface area (Å²) in [6.45, 7) is 5.12. The number of unbranched alkanes of at least 4 members (excludes halogenated alkanes) is 1. The van der Waals surface area contributed by atoms with Gasteiger partial charge in [-0.15, -0.1) is 0 Å². The summed E-state index contributed by atoms with van der Waals surface area (Å²) in [5, 5.41) is 9.15. The van der Waals surface area contributed by atoms with Crippen molar-refractivity contribution in [2.75, 3.05) is 6.61 Å². The predicted octanol–water partition coefficient (Wildman–Crippen LogP) is 5.47. The van der Waals surface area contributed by atoms with Gasteiger partial charge in [-0.2, -0.15) is 13.2 Å². The number of aryl methyl sites for hydroxylation is 1. The van der Waals surface area contributed by atoms with Crippen LogP contribution in [0.2, 0.25) is 0 Å². The van der Waals surface area contributed by atoms with Gasteiger partial charge in [-0.25, -0.2) is 4.79 Å². The predicted molar refractivity (Wildman–Crippen MR) is 107 cm³/mol. The lowest BCUT2D eigenvalue weighted by atomic mass is 10.1. The number of rotatable bonds is 7. The first kappa shape index (κ1) is 23.1. The third-order valence-corrected chi connectivity index (χ3v) is 4.16. The van der Waals surface area contributed by atoms with E-state index in [1.807, 2.05) is 0 Å². The van der Waals surface area contributed by atoms with Crippen molar-refractivity contribution < 1.29 is 32.5 Å². The van der Waals surface area contributed by atoms with E-state index in [1.54, 1.807) is 25.1 Å². The summed E-state index contributed by atoms with van der Waals surface area (Å²) in [4.78, 5) is 11.2. The van der Waals surface area contributed by atoms with Crippen molar-refractivity contribution in [2.45, 2.75) is 45.4 Å². The fourth-order valence-electron chi connectivity index (χ4n) is 2.43. The van der Waals surface area contributed by atoms with Gasteiger partial charge in [0.05, 0.1) is 12.2 Å². The molecule has 0 radical (unpaired) electrons. The van der Waals surface area contributed by atoms with Gasteiger partial charge in [0, 0.05) is 12.0 Å². The standard InChI is InChI=1S/C23H23F3O4/c1-16-14-19(11-12-20(16)30-22(2,3)21(27)28)29-13-6-4-5-8-17-9-7-10-18(15-17)23(24,25)26/h7,9-12,14-15H,4,6,13H2,1-3H3,(H,27,28). The quantitative estimate of drug-likeness (QED) is 0.477. The molecule has 4 nitrogen and oxygen atoms in total. The molecule has 0 fully saturated rings. The topological polar surface area (TPSA) is 55.8 Å². The number of hydrogen-bond acceptors (Lipinski definition) is 3. The van der Waals surface area contributed by atoms with Crippen LogP contribution in [0.15, 0.2) is 42.5 Å². The maximum Gasteiger partial charge on any atom is 0.416 e. The van der Waals surface area contributed by atoms with E-state index in [1.165, 1.54) is 26.0 Å². The minimum atomic E-state index is -4.38. The first-order valence-corrected chi connectivity index (χ1v) is 9.31. The highest BCUT2D eigenvalue weighted by Crippen LogP contribution is 2.29. The highest BCUT2D eigenvalue weighted by atomic mass is 19.4. The maximum atomic E-state index is 12.7. The molecule has 7 heteroatoms. The van der Waals surface area contributed by atoms with Crippen LogP contribution in [0, 0.1) is 18.8 Å². The fourth-order valence-corrected chi connectivity index (χ4v) is 2.43. The molecule has 160 valence electrons. The van der Waals surface area contributed by atoms with Crippen LogP contribution in [-0.4, -0.2) is 23.3 Å². The summed E-state index contributed by atoms with van der Waals surface area (Å²) < 4.78 is 49.2. The Kier molecular flexibility index (Phi) is 7.38. The molecule has 0 aliphatic heterocycles. The second-order valence-electron chi connectivity index (χ2n) is 7.18. The summed E-state index contributed by atoms with van der Waals surface area (Å²) in [6.07, 6.45) is -3.30. The van der Waals surface area contributed by atoms with E-state index in [4.69, 9.17) is 14.6 Å². The van der Waals surface area contributed by atoms with E-state index < -0.39 is 23.3 Å². The fraction of sp³-hybridized carbons (Fsp3) is 0.348. The van der Waals surface area contributed by atoms with Gasteiger partial charge >= 0.3 is 12.1 Å². The summed E-state index contributed by atoms with van der Waals surface area (Å²) in [5.41, 5.74) is -0.995. The molecule has 2 aromatic carbocycles. The lowest BCUT2D eigenvalue weighted by Crippen LogP contribution is -2.38. The highest BCUT2D eigenvalue weighted by molar-refractivity contribution is 5.76. The molecule has 0 saturated heterocycles. The normalized spacial score (nSPS) is 11.4. The second-order valence-corrected chi connectivity index (χ2v) is 7.18. The van der Waals surface area contributed by atoms with Crippen molar-refractivity contribution in [2.24, 2.45) is 0 Å². The second kappa shape index (κ2) is 9.57. The molecule has 0 aliphatic rings. The largest absolute Gasteiger partial charge is 0.494 e. The van der Waals surface area contributed by atoms with E-state index in [0.717, 1.165) is 17.7 Å². The SMILES string of the molecule is Cc1cc(OCCCC#Cc2cccc(C(F)(F)F)c2)ccc1OC(C)(C)C(=O)O. The van der Waals surface area contributed by atoms with Gasteiger partial charge in [-0.1, -0.05) is 17.9 Å². The summed E-state index contributed by atoms with van der Waals surface area (Å²) in [6, 6.07) is 10.0. The highest BCUT2D eigenvalue weighted by Gasteiger charge is 2.30. The number of alkyl halides is 3. The zero-order valence-corrected chi connectivity index (χ0v) is 17.0. The number of halogens is 3. The van der Waals surface area contributed by atoms with Crippen molar-refractivity contribution in [1.29, 1.82) is 0 Å². The van der Waals surface area contributed by atoms with Gasteiger partial charge in [0.15, 0.2) is 5.60 Å². The van der Waals surface area contributed by atoms with Gasteiger partial charge in [0.25, 0.3) is 0 Å². The molecule has 0 saturated carbocycles. The number of carboxylic acids is 1. The molecule has 1 N–H and O–H groups in total. The van der Waals surface area contributed by atoms with Crippen LogP contribution in [0.1, 0.15) is 43.4 Å². The van der Waals surface area contributed by atoms with Crippen LogP contribution in [0.5, 0.6) is 11.5 Å². The molecule has 2 aromatic rings. The van der Waals surface area contributed by atoms with Gasteiger partial charge in [0.2, 0.25) is 0 Å². The lowest BCUT2D eigenvalue weighted by molar-refractivity contribution is -0.152. The Bertz CT molecular complexity index is 953. The van der Waals surface area contributed by atoms with Gasteiger partial charge in [-0.05, 0) is 69.2 Å². The average molecular weight is 420 g/mol. The Morgan fingerprint density at radius 2 is 1.87 bits per heavy atom. The van der Waals surface area contributed by atoms with Crippen LogP contribution in [-0.2, 0) is 11.0 Å². The molecule has 0 bridgehead atoms. The first-order valence-electron chi connectivity index (χ1n) is 9.31. The van der Waals surface area contributed by atoms with Crippen LogP contribution < -0.4 is 9.47 Å². The molecule has 0 atom stereocenters. The van der Waals surface area contributed by atoms with Gasteiger partial charge in [0.1, 0.15) is 11.5 Å². The molecular formula is C23H23F3O4. The molecular weight excluding hydrogens is 397 g/mol. The number of carboxylic acid groups (broad SMARTS) is 1. The van der Waals surface area contributed by atoms with Crippen molar-refractivity contribution in [3.63, 3.8) is 0 Å². The molecule has 0 aromatic heterocycles. The lowest BCUT2D eigenvalue weighted by Gasteiger charge is -2.23. The third kappa shape index (κ3) is 6.73. The molecule has 0 spiro atoms. The summed E-state index contributed by atoms with van der Waals surface area (Å²) >= 11 is 0. The van der Waals surface area contributed by atoms with E-state index in [-0.39, 0.29) is 0 Å². The number of hydrogen-bond donors (Lipinski definition) is 1. The molecule has 0 heterocycles. The van der Waals surface area contributed by atoms with Crippen LogP contribution in [0.25, 0.3) is 0 Å². The van der Waals surface area contributed by atoms with Crippen molar-refractivity contribution >= 4 is 5.97 Å². The van der Waals surface area contributed by atoms with Crippen LogP contribution in [0.3, 0.4) is 0 Å².